The molecule has 3 aromatic rings. The minimum atomic E-state index is -0.394. The molecule has 0 saturated carbocycles. The quantitative estimate of drug-likeness (QED) is 0.247. The molecule has 3 amide bonds. The number of piperazine rings is 1. The van der Waals surface area contributed by atoms with Gasteiger partial charge in [-0.1, -0.05) is 83.0 Å². The molecule has 0 N–H and O–H groups in total. The molecule has 3 aliphatic heterocycles. The van der Waals surface area contributed by atoms with E-state index in [4.69, 9.17) is 14.5 Å². The SMILES string of the molecule is CCOc1cc(C(C)(C)C)ccc1C1=N[C@@H](c2ccc(Br)cc2)[C@@H](c2ccc(Br)cc2)N1C(=O)N1CCN(CC(=O)N2CCOCC2)CC1.Cl. The third-order valence-corrected chi connectivity index (χ3v) is 10.5. The number of hydrogen-bond donors (Lipinski definition) is 0. The molecule has 9 nitrogen and oxygen atoms in total. The normalized spacial score (nSPS) is 20.0. The molecule has 2 atom stereocenters. The van der Waals surface area contributed by atoms with Crippen molar-refractivity contribution in [2.24, 2.45) is 4.99 Å². The number of aliphatic imine (C=N–C) groups is 1. The van der Waals surface area contributed by atoms with Gasteiger partial charge in [-0.3, -0.25) is 19.6 Å². The Morgan fingerprint density at radius 2 is 1.44 bits per heavy atom. The van der Waals surface area contributed by atoms with Crippen molar-refractivity contribution in [3.63, 3.8) is 0 Å². The van der Waals surface area contributed by atoms with Crippen molar-refractivity contribution in [3.8, 4) is 5.75 Å². The van der Waals surface area contributed by atoms with E-state index in [1.54, 1.807) is 0 Å². The lowest BCUT2D eigenvalue weighted by Gasteiger charge is -2.39. The molecular formula is C38H46Br2ClN5O4. The van der Waals surface area contributed by atoms with Gasteiger partial charge in [0.1, 0.15) is 17.6 Å². The lowest BCUT2D eigenvalue weighted by molar-refractivity contribution is -0.136. The summed E-state index contributed by atoms with van der Waals surface area (Å²) in [4.78, 5) is 41.1. The molecule has 0 bridgehead atoms. The van der Waals surface area contributed by atoms with Crippen molar-refractivity contribution in [1.82, 2.24) is 19.6 Å². The summed E-state index contributed by atoms with van der Waals surface area (Å²) in [5, 5.41) is 0. The summed E-state index contributed by atoms with van der Waals surface area (Å²) in [6, 6.07) is 21.8. The fraction of sp³-hybridized carbons (Fsp3) is 0.447. The summed E-state index contributed by atoms with van der Waals surface area (Å²) < 4.78 is 13.6. The number of morpholine rings is 1. The average molecular weight is 832 g/mol. The third-order valence-electron chi connectivity index (χ3n) is 9.45. The second-order valence-corrected chi connectivity index (χ2v) is 15.6. The highest BCUT2D eigenvalue weighted by molar-refractivity contribution is 9.10. The molecule has 3 aromatic carbocycles. The van der Waals surface area contributed by atoms with Gasteiger partial charge >= 0.3 is 6.03 Å². The standard InChI is InChI=1S/C38H45Br2N5O4.ClH/c1-5-49-32-24-28(38(2,3)4)10-15-31(32)36-41-34(26-6-11-29(39)12-7-26)35(27-8-13-30(40)14-9-27)45(36)37(47)44-18-16-42(17-19-44)25-33(46)43-20-22-48-23-21-43;/h6-15,24,34-35H,5,16-23,25H2,1-4H3;1H/t34-,35+;/m0./s1. The molecule has 12 heteroatoms. The van der Waals surface area contributed by atoms with Crippen LogP contribution in [0, 0.1) is 0 Å². The number of benzene rings is 3. The van der Waals surface area contributed by atoms with Crippen LogP contribution in [0.2, 0.25) is 0 Å². The Bertz CT molecular complexity index is 1670. The molecule has 2 fully saturated rings. The van der Waals surface area contributed by atoms with Gasteiger partial charge in [-0.15, -0.1) is 12.4 Å². The van der Waals surface area contributed by atoms with Crippen LogP contribution in [0.4, 0.5) is 4.79 Å². The van der Waals surface area contributed by atoms with E-state index in [0.29, 0.717) is 77.2 Å². The predicted molar refractivity (Wildman–Crippen MR) is 207 cm³/mol. The van der Waals surface area contributed by atoms with Crippen LogP contribution >= 0.6 is 44.3 Å². The number of amides is 3. The monoisotopic (exact) mass is 829 g/mol. The maximum atomic E-state index is 14.9. The minimum absolute atomic E-state index is 0. The minimum Gasteiger partial charge on any atom is -0.493 e. The van der Waals surface area contributed by atoms with Crippen molar-refractivity contribution in [2.45, 2.75) is 45.2 Å². The molecule has 0 aliphatic carbocycles. The number of rotatable bonds is 7. The first-order valence-electron chi connectivity index (χ1n) is 17.1. The van der Waals surface area contributed by atoms with E-state index < -0.39 is 6.04 Å². The molecule has 0 aromatic heterocycles. The van der Waals surface area contributed by atoms with Crippen LogP contribution in [-0.4, -0.2) is 103 Å². The van der Waals surface area contributed by atoms with Gasteiger partial charge in [0.15, 0.2) is 0 Å². The number of urea groups is 1. The van der Waals surface area contributed by atoms with Gasteiger partial charge in [0.05, 0.1) is 38.0 Å². The van der Waals surface area contributed by atoms with Crippen molar-refractivity contribution in [1.29, 1.82) is 0 Å². The summed E-state index contributed by atoms with van der Waals surface area (Å²) in [5.74, 6) is 1.43. The van der Waals surface area contributed by atoms with Gasteiger partial charge in [-0.2, -0.15) is 0 Å². The number of carbonyl (C=O) groups excluding carboxylic acids is 2. The maximum absolute atomic E-state index is 14.9. The molecule has 0 radical (unpaired) electrons. The largest absolute Gasteiger partial charge is 0.493 e. The van der Waals surface area contributed by atoms with E-state index >= 15 is 0 Å². The first-order chi connectivity index (χ1) is 23.5. The van der Waals surface area contributed by atoms with E-state index in [9.17, 15) is 9.59 Å². The highest BCUT2D eigenvalue weighted by Crippen LogP contribution is 2.46. The Balaban J connectivity index is 0.00000486. The van der Waals surface area contributed by atoms with Crippen LogP contribution in [0.5, 0.6) is 5.75 Å². The summed E-state index contributed by atoms with van der Waals surface area (Å²) in [7, 11) is 0. The van der Waals surface area contributed by atoms with E-state index in [2.05, 4.69) is 100.0 Å². The van der Waals surface area contributed by atoms with Crippen molar-refractivity contribution in [3.05, 3.63) is 97.9 Å². The Kier molecular flexibility index (Phi) is 12.7. The number of amidine groups is 1. The number of hydrogen-bond acceptors (Lipinski definition) is 6. The van der Waals surface area contributed by atoms with E-state index in [1.165, 1.54) is 0 Å². The van der Waals surface area contributed by atoms with Crippen molar-refractivity contribution in [2.75, 3.05) is 65.6 Å². The molecule has 50 heavy (non-hydrogen) atoms. The first-order valence-corrected chi connectivity index (χ1v) is 18.6. The van der Waals surface area contributed by atoms with Crippen molar-refractivity contribution < 1.29 is 19.1 Å². The molecule has 3 heterocycles. The fourth-order valence-corrected chi connectivity index (χ4v) is 7.19. The van der Waals surface area contributed by atoms with E-state index in [-0.39, 0.29) is 35.8 Å². The molecule has 6 rings (SSSR count). The maximum Gasteiger partial charge on any atom is 0.326 e. The Hall–Kier alpha value is -2.96. The van der Waals surface area contributed by atoms with Gasteiger partial charge in [-0.25, -0.2) is 4.79 Å². The first kappa shape index (κ1) is 38.3. The second kappa shape index (κ2) is 16.6. The molecule has 2 saturated heterocycles. The molecule has 268 valence electrons. The van der Waals surface area contributed by atoms with E-state index in [1.807, 2.05) is 45.9 Å². The Morgan fingerprint density at radius 3 is 2.02 bits per heavy atom. The van der Waals surface area contributed by atoms with Gasteiger partial charge in [0.2, 0.25) is 5.91 Å². The van der Waals surface area contributed by atoms with Crippen LogP contribution in [-0.2, 0) is 14.9 Å². The number of carbonyl (C=O) groups is 2. The molecular weight excluding hydrogens is 786 g/mol. The van der Waals surface area contributed by atoms with E-state index in [0.717, 1.165) is 31.2 Å². The van der Waals surface area contributed by atoms with Crippen molar-refractivity contribution >= 4 is 62.0 Å². The summed E-state index contributed by atoms with van der Waals surface area (Å²) in [5.41, 5.74) is 3.86. The number of ether oxygens (including phenoxy) is 2. The lowest BCUT2D eigenvalue weighted by atomic mass is 9.86. The highest BCUT2D eigenvalue weighted by Gasteiger charge is 2.45. The van der Waals surface area contributed by atoms with Crippen LogP contribution in [0.3, 0.4) is 0 Å². The predicted octanol–water partition coefficient (Wildman–Crippen LogP) is 7.47. The summed E-state index contributed by atoms with van der Waals surface area (Å²) in [6.07, 6.45) is 0. The van der Waals surface area contributed by atoms with Gasteiger partial charge < -0.3 is 19.3 Å². The molecule has 0 spiro atoms. The zero-order valence-electron chi connectivity index (χ0n) is 29.1. The third kappa shape index (κ3) is 8.56. The number of halogens is 3. The Labute approximate surface area is 318 Å². The van der Waals surface area contributed by atoms with Crippen LogP contribution < -0.4 is 4.74 Å². The van der Waals surface area contributed by atoms with Crippen LogP contribution in [0.15, 0.2) is 80.7 Å². The van der Waals surface area contributed by atoms with Gasteiger partial charge in [-0.05, 0) is 65.4 Å². The van der Waals surface area contributed by atoms with Gasteiger partial charge in [0, 0.05) is 48.2 Å². The topological polar surface area (TPSA) is 77.9 Å². The zero-order chi connectivity index (χ0) is 34.7. The lowest BCUT2D eigenvalue weighted by Crippen LogP contribution is -2.56. The highest BCUT2D eigenvalue weighted by atomic mass is 79.9. The smallest absolute Gasteiger partial charge is 0.326 e. The molecule has 3 aliphatic rings. The Morgan fingerprint density at radius 1 is 0.840 bits per heavy atom. The summed E-state index contributed by atoms with van der Waals surface area (Å²) >= 11 is 7.18. The van der Waals surface area contributed by atoms with Crippen LogP contribution in [0.25, 0.3) is 0 Å². The number of nitrogens with zero attached hydrogens (tertiary/aromatic N) is 5. The fourth-order valence-electron chi connectivity index (χ4n) is 6.66. The zero-order valence-corrected chi connectivity index (χ0v) is 33.1. The van der Waals surface area contributed by atoms with Crippen LogP contribution in [0.1, 0.15) is 62.0 Å². The summed E-state index contributed by atoms with van der Waals surface area (Å²) in [6.45, 7) is 14.0. The second-order valence-electron chi connectivity index (χ2n) is 13.7. The molecule has 0 unspecified atom stereocenters. The van der Waals surface area contributed by atoms with Gasteiger partial charge in [0.25, 0.3) is 0 Å². The average Bonchev–Trinajstić information content (AvgIpc) is 3.49.